The fraction of sp³-hybridized carbons (Fsp3) is 0.483. The van der Waals surface area contributed by atoms with Gasteiger partial charge in [0.05, 0.1) is 25.0 Å². The standard InChI is InChI=1S/C29H36N4O6/c1-20-4-5-22(14-21(20)2)24-16-25(23-6-7-26-27(15-23)39-19-38-26)33(30-24)28(34)17-32(29(35)18-36-3)9-8-31-10-12-37-13-11-31/h4-7,14-15,25H,8-13,16-19H2,1-3H3. The Morgan fingerprint density at radius 3 is 2.62 bits per heavy atom. The van der Waals surface area contributed by atoms with Gasteiger partial charge in [0, 0.05) is 39.7 Å². The molecule has 208 valence electrons. The van der Waals surface area contributed by atoms with Gasteiger partial charge in [-0.2, -0.15) is 5.10 Å². The topological polar surface area (TPSA) is 93.1 Å². The molecule has 0 saturated carbocycles. The minimum Gasteiger partial charge on any atom is -0.454 e. The Bertz CT molecular complexity index is 1240. The van der Waals surface area contributed by atoms with Crippen molar-refractivity contribution in [2.24, 2.45) is 5.10 Å². The van der Waals surface area contributed by atoms with Crippen LogP contribution in [0.1, 0.15) is 34.7 Å². The molecule has 0 bridgehead atoms. The number of fused-ring (bicyclic) bond motifs is 1. The average Bonchev–Trinajstić information content (AvgIpc) is 3.60. The van der Waals surface area contributed by atoms with Gasteiger partial charge in [-0.25, -0.2) is 5.01 Å². The van der Waals surface area contributed by atoms with Gasteiger partial charge >= 0.3 is 0 Å². The molecule has 1 atom stereocenters. The molecular formula is C29H36N4O6. The number of hydrazone groups is 1. The van der Waals surface area contributed by atoms with Crippen LogP contribution >= 0.6 is 0 Å². The molecule has 39 heavy (non-hydrogen) atoms. The molecule has 1 saturated heterocycles. The van der Waals surface area contributed by atoms with E-state index in [1.165, 1.54) is 23.2 Å². The van der Waals surface area contributed by atoms with E-state index in [4.69, 9.17) is 24.0 Å². The van der Waals surface area contributed by atoms with Crippen LogP contribution in [0.4, 0.5) is 0 Å². The van der Waals surface area contributed by atoms with E-state index >= 15 is 0 Å². The number of hydrogen-bond donors (Lipinski definition) is 0. The van der Waals surface area contributed by atoms with Crippen LogP contribution in [-0.2, 0) is 19.1 Å². The molecule has 0 spiro atoms. The van der Waals surface area contributed by atoms with Crippen molar-refractivity contribution in [3.63, 3.8) is 0 Å². The van der Waals surface area contributed by atoms with E-state index in [0.717, 1.165) is 29.9 Å². The average molecular weight is 537 g/mol. The number of aryl methyl sites for hydroxylation is 2. The summed E-state index contributed by atoms with van der Waals surface area (Å²) in [6.07, 6.45) is 0.549. The molecule has 3 aliphatic heterocycles. The lowest BCUT2D eigenvalue weighted by Gasteiger charge is -2.31. The summed E-state index contributed by atoms with van der Waals surface area (Å²) >= 11 is 0. The molecule has 0 N–H and O–H groups in total. The van der Waals surface area contributed by atoms with Crippen LogP contribution in [0, 0.1) is 13.8 Å². The van der Waals surface area contributed by atoms with Crippen LogP contribution in [0.5, 0.6) is 11.5 Å². The number of ether oxygens (including phenoxy) is 4. The van der Waals surface area contributed by atoms with Crippen molar-refractivity contribution in [1.82, 2.24) is 14.8 Å². The molecule has 2 aromatic rings. The van der Waals surface area contributed by atoms with Crippen molar-refractivity contribution in [3.05, 3.63) is 58.7 Å². The second-order valence-corrected chi connectivity index (χ2v) is 10.1. The number of carbonyl (C=O) groups excluding carboxylic acids is 2. The smallest absolute Gasteiger partial charge is 0.262 e. The molecule has 3 aliphatic rings. The van der Waals surface area contributed by atoms with Crippen LogP contribution in [0.15, 0.2) is 41.5 Å². The quantitative estimate of drug-likeness (QED) is 0.486. The first-order chi connectivity index (χ1) is 18.9. The minimum atomic E-state index is -0.331. The maximum Gasteiger partial charge on any atom is 0.262 e. The van der Waals surface area contributed by atoms with Crippen molar-refractivity contribution < 1.29 is 28.5 Å². The zero-order valence-electron chi connectivity index (χ0n) is 22.9. The summed E-state index contributed by atoms with van der Waals surface area (Å²) in [5.74, 6) is 0.866. The number of carbonyl (C=O) groups is 2. The predicted octanol–water partition coefficient (Wildman–Crippen LogP) is 2.52. The highest BCUT2D eigenvalue weighted by molar-refractivity contribution is 6.03. The lowest BCUT2D eigenvalue weighted by Crippen LogP contribution is -2.47. The normalized spacial score (nSPS) is 18.8. The van der Waals surface area contributed by atoms with Crippen molar-refractivity contribution in [2.45, 2.75) is 26.3 Å². The van der Waals surface area contributed by atoms with Crippen LogP contribution in [0.3, 0.4) is 0 Å². The summed E-state index contributed by atoms with van der Waals surface area (Å²) < 4.78 is 21.6. The Labute approximate surface area is 229 Å². The minimum absolute atomic E-state index is 0.0842. The fourth-order valence-electron chi connectivity index (χ4n) is 5.05. The Kier molecular flexibility index (Phi) is 8.44. The van der Waals surface area contributed by atoms with E-state index in [0.29, 0.717) is 44.2 Å². The number of amides is 2. The molecular weight excluding hydrogens is 500 g/mol. The van der Waals surface area contributed by atoms with Gasteiger partial charge in [0.2, 0.25) is 12.7 Å². The number of hydrogen-bond acceptors (Lipinski definition) is 8. The molecule has 1 unspecified atom stereocenters. The molecule has 2 amide bonds. The Hall–Kier alpha value is -3.47. The highest BCUT2D eigenvalue weighted by Crippen LogP contribution is 2.39. The summed E-state index contributed by atoms with van der Waals surface area (Å²) in [6.45, 7) is 8.19. The summed E-state index contributed by atoms with van der Waals surface area (Å²) in [6, 6.07) is 11.6. The Morgan fingerprint density at radius 1 is 1.05 bits per heavy atom. The van der Waals surface area contributed by atoms with Crippen molar-refractivity contribution >= 4 is 17.5 Å². The summed E-state index contributed by atoms with van der Waals surface area (Å²) in [5, 5.41) is 6.35. The van der Waals surface area contributed by atoms with E-state index in [2.05, 4.69) is 30.9 Å². The second kappa shape index (κ2) is 12.1. The van der Waals surface area contributed by atoms with E-state index in [-0.39, 0.29) is 37.8 Å². The lowest BCUT2D eigenvalue weighted by atomic mass is 9.96. The number of methoxy groups -OCH3 is 1. The Balaban J connectivity index is 1.39. The zero-order valence-corrected chi connectivity index (χ0v) is 22.9. The number of benzene rings is 2. The van der Waals surface area contributed by atoms with Crippen LogP contribution < -0.4 is 9.47 Å². The highest BCUT2D eigenvalue weighted by atomic mass is 16.7. The van der Waals surface area contributed by atoms with Gasteiger partial charge in [0.25, 0.3) is 5.91 Å². The molecule has 0 aliphatic carbocycles. The Morgan fingerprint density at radius 2 is 1.85 bits per heavy atom. The first-order valence-electron chi connectivity index (χ1n) is 13.4. The maximum atomic E-state index is 13.8. The summed E-state index contributed by atoms with van der Waals surface area (Å²) in [4.78, 5) is 30.6. The molecule has 10 nitrogen and oxygen atoms in total. The van der Waals surface area contributed by atoms with Gasteiger partial charge in [-0.05, 0) is 54.3 Å². The van der Waals surface area contributed by atoms with Gasteiger partial charge < -0.3 is 23.8 Å². The number of rotatable bonds is 9. The lowest BCUT2D eigenvalue weighted by molar-refractivity contribution is -0.143. The first-order valence-corrected chi connectivity index (χ1v) is 13.4. The van der Waals surface area contributed by atoms with Crippen LogP contribution in [0.2, 0.25) is 0 Å². The van der Waals surface area contributed by atoms with Crippen molar-refractivity contribution in [1.29, 1.82) is 0 Å². The third-order valence-corrected chi connectivity index (χ3v) is 7.52. The summed E-state index contributed by atoms with van der Waals surface area (Å²) in [7, 11) is 1.48. The number of morpholine rings is 1. The van der Waals surface area contributed by atoms with Crippen molar-refractivity contribution in [3.8, 4) is 11.5 Å². The number of nitrogens with zero attached hydrogens (tertiary/aromatic N) is 4. The van der Waals surface area contributed by atoms with E-state index in [9.17, 15) is 9.59 Å². The molecule has 2 aromatic carbocycles. The molecule has 5 rings (SSSR count). The van der Waals surface area contributed by atoms with E-state index < -0.39 is 0 Å². The molecule has 0 aromatic heterocycles. The maximum absolute atomic E-state index is 13.8. The van der Waals surface area contributed by atoms with Gasteiger partial charge in [-0.3, -0.25) is 14.5 Å². The van der Waals surface area contributed by atoms with Crippen molar-refractivity contribution in [2.75, 3.05) is 66.4 Å². The zero-order chi connectivity index (χ0) is 27.4. The largest absolute Gasteiger partial charge is 0.454 e. The third kappa shape index (κ3) is 6.24. The van der Waals surface area contributed by atoms with E-state index in [1.807, 2.05) is 24.3 Å². The predicted molar refractivity (Wildman–Crippen MR) is 145 cm³/mol. The van der Waals surface area contributed by atoms with Gasteiger partial charge in [-0.15, -0.1) is 0 Å². The molecule has 3 heterocycles. The van der Waals surface area contributed by atoms with Crippen LogP contribution in [0.25, 0.3) is 0 Å². The van der Waals surface area contributed by atoms with Gasteiger partial charge in [0.15, 0.2) is 11.5 Å². The fourth-order valence-corrected chi connectivity index (χ4v) is 5.05. The van der Waals surface area contributed by atoms with E-state index in [1.54, 1.807) is 4.90 Å². The highest BCUT2D eigenvalue weighted by Gasteiger charge is 2.35. The molecule has 10 heteroatoms. The summed E-state index contributed by atoms with van der Waals surface area (Å²) in [5.41, 5.74) is 5.08. The monoisotopic (exact) mass is 536 g/mol. The third-order valence-electron chi connectivity index (χ3n) is 7.52. The van der Waals surface area contributed by atoms with Gasteiger partial charge in [0.1, 0.15) is 13.2 Å². The first kappa shape index (κ1) is 27.1. The second-order valence-electron chi connectivity index (χ2n) is 10.1. The molecule has 1 fully saturated rings. The SMILES string of the molecule is COCC(=O)N(CCN1CCOCC1)CC(=O)N1N=C(c2ccc(C)c(C)c2)CC1c1ccc2c(c1)OCO2. The van der Waals surface area contributed by atoms with Crippen LogP contribution in [-0.4, -0.2) is 98.8 Å². The van der Waals surface area contributed by atoms with Gasteiger partial charge in [-0.1, -0.05) is 18.2 Å². The molecule has 0 radical (unpaired) electrons.